The van der Waals surface area contributed by atoms with Gasteiger partial charge in [-0.3, -0.25) is 0 Å². The van der Waals surface area contributed by atoms with E-state index in [1.807, 2.05) is 6.07 Å². The largest absolute Gasteiger partial charge is 1.00 e. The van der Waals surface area contributed by atoms with Crippen molar-refractivity contribution in [1.29, 1.82) is 0 Å². The summed E-state index contributed by atoms with van der Waals surface area (Å²) in [7, 11) is 0. The van der Waals surface area contributed by atoms with Gasteiger partial charge in [0.2, 0.25) is 0 Å². The van der Waals surface area contributed by atoms with Gasteiger partial charge < -0.3 is 10.1 Å². The summed E-state index contributed by atoms with van der Waals surface area (Å²) in [5, 5.41) is 7.54. The van der Waals surface area contributed by atoms with Crippen LogP contribution in [0.3, 0.4) is 0 Å². The van der Waals surface area contributed by atoms with E-state index in [-0.39, 0.29) is 51.4 Å². The molecule has 0 saturated heterocycles. The number of pyridine rings is 1. The van der Waals surface area contributed by atoms with Crippen LogP contribution in [-0.4, -0.2) is 15.2 Å². The Morgan fingerprint density at radius 1 is 1.50 bits per heavy atom. The van der Waals surface area contributed by atoms with Gasteiger partial charge in [-0.05, 0) is 0 Å². The van der Waals surface area contributed by atoms with E-state index in [1.54, 1.807) is 12.3 Å². The van der Waals surface area contributed by atoms with Gasteiger partial charge in [-0.2, -0.15) is 17.2 Å². The molecule has 4 heteroatoms. The Hall–Kier alpha value is 0.256. The number of nitrogens with zero attached hydrogens (tertiary/aromatic N) is 2. The van der Waals surface area contributed by atoms with Crippen LogP contribution in [-0.2, 0) is 0 Å². The van der Waals surface area contributed by atoms with E-state index in [4.69, 9.17) is 0 Å². The molecule has 0 unspecified atom stereocenters. The van der Waals surface area contributed by atoms with Gasteiger partial charge in [0, 0.05) is 11.8 Å². The Bertz CT molecular complexity index is 287. The van der Waals surface area contributed by atoms with Gasteiger partial charge in [-0.15, -0.1) is 0 Å². The molecular weight excluding hydrogens is 153 g/mol. The third-order valence-electron chi connectivity index (χ3n) is 1.16. The molecule has 0 aliphatic heterocycles. The third-order valence-corrected chi connectivity index (χ3v) is 1.16. The number of H-pyrrole nitrogens is 1. The zero-order chi connectivity index (χ0) is 6.10. The molecule has 2 aromatic rings. The van der Waals surface area contributed by atoms with Gasteiger partial charge in [0.05, 0.1) is 0 Å². The molecule has 44 valence electrons. The number of fused-ring (bicyclic) bond motifs is 1. The third kappa shape index (κ3) is 1.46. The fourth-order valence-corrected chi connectivity index (χ4v) is 0.729. The van der Waals surface area contributed by atoms with Crippen molar-refractivity contribution < 1.29 is 51.4 Å². The molecule has 2 aromatic heterocycles. The Labute approximate surface area is 101 Å². The molecule has 3 nitrogen and oxygen atoms in total. The number of hydrogen-bond acceptors (Lipinski definition) is 2. The van der Waals surface area contributed by atoms with Crippen molar-refractivity contribution in [2.24, 2.45) is 0 Å². The van der Waals surface area contributed by atoms with Crippen molar-refractivity contribution in [3.05, 3.63) is 24.5 Å². The minimum Gasteiger partial charge on any atom is -0.369 e. The first-order chi connectivity index (χ1) is 4.47. The number of rotatable bonds is 0. The summed E-state index contributed by atoms with van der Waals surface area (Å²) in [5.74, 6) is 0. The van der Waals surface area contributed by atoms with Crippen molar-refractivity contribution in [2.75, 3.05) is 0 Å². The second-order valence-corrected chi connectivity index (χ2v) is 1.75. The fourth-order valence-electron chi connectivity index (χ4n) is 0.729. The summed E-state index contributed by atoms with van der Waals surface area (Å²) in [6, 6.07) is 3.67. The van der Waals surface area contributed by atoms with Crippen LogP contribution in [0.15, 0.2) is 18.3 Å². The van der Waals surface area contributed by atoms with Gasteiger partial charge in [-0.25, -0.2) is 0 Å². The second-order valence-electron chi connectivity index (χ2n) is 1.75. The molecular formula is C6H4KN3. The quantitative estimate of drug-likeness (QED) is 0.347. The predicted octanol–water partition coefficient (Wildman–Crippen LogP) is -2.24. The number of aromatic amines is 1. The summed E-state index contributed by atoms with van der Waals surface area (Å²) in [6.45, 7) is 0. The molecule has 2 rings (SSSR count). The van der Waals surface area contributed by atoms with Crippen LogP contribution in [0.5, 0.6) is 0 Å². The van der Waals surface area contributed by atoms with Crippen molar-refractivity contribution >= 4 is 11.0 Å². The molecule has 0 bridgehead atoms. The van der Waals surface area contributed by atoms with E-state index in [0.717, 1.165) is 11.0 Å². The van der Waals surface area contributed by atoms with Gasteiger partial charge in [0.1, 0.15) is 0 Å². The fraction of sp³-hybridized carbons (Fsp3) is 0. The molecule has 0 saturated carbocycles. The molecule has 10 heavy (non-hydrogen) atoms. The predicted molar refractivity (Wildman–Crippen MR) is 32.7 cm³/mol. The summed E-state index contributed by atoms with van der Waals surface area (Å²) in [5.41, 5.74) is 0.789. The molecule has 0 atom stereocenters. The Morgan fingerprint density at radius 3 is 3.20 bits per heavy atom. The molecule has 0 amide bonds. The topological polar surface area (TPSA) is 41.6 Å². The summed E-state index contributed by atoms with van der Waals surface area (Å²) in [4.78, 5) is 3.90. The van der Waals surface area contributed by atoms with Crippen molar-refractivity contribution in [2.45, 2.75) is 0 Å². The van der Waals surface area contributed by atoms with Gasteiger partial charge in [0.25, 0.3) is 0 Å². The van der Waals surface area contributed by atoms with Crippen molar-refractivity contribution in [1.82, 2.24) is 15.2 Å². The van der Waals surface area contributed by atoms with Crippen LogP contribution >= 0.6 is 0 Å². The van der Waals surface area contributed by atoms with Crippen molar-refractivity contribution in [3.63, 3.8) is 0 Å². The minimum absolute atomic E-state index is 0. The first-order valence-electron chi connectivity index (χ1n) is 2.63. The number of aromatic nitrogens is 3. The molecule has 0 aliphatic carbocycles. The molecule has 2 heterocycles. The minimum atomic E-state index is 0. The number of nitrogens with one attached hydrogen (secondary N) is 1. The van der Waals surface area contributed by atoms with Crippen LogP contribution < -0.4 is 51.4 Å². The normalized spacial score (nSPS) is 9.20. The van der Waals surface area contributed by atoms with Crippen LogP contribution in [0.25, 0.3) is 11.0 Å². The van der Waals surface area contributed by atoms with Gasteiger partial charge in [0.15, 0.2) is 0 Å². The molecule has 0 radical (unpaired) electrons. The average Bonchev–Trinajstić information content (AvgIpc) is 2.33. The van der Waals surface area contributed by atoms with Crippen LogP contribution in [0, 0.1) is 6.20 Å². The maximum absolute atomic E-state index is 3.90. The molecule has 0 aliphatic rings. The van der Waals surface area contributed by atoms with E-state index in [2.05, 4.69) is 21.4 Å². The molecule has 0 spiro atoms. The smallest absolute Gasteiger partial charge is 0.369 e. The van der Waals surface area contributed by atoms with E-state index in [0.29, 0.717) is 0 Å². The second kappa shape index (κ2) is 3.59. The average molecular weight is 157 g/mol. The zero-order valence-corrected chi connectivity index (χ0v) is 8.75. The summed E-state index contributed by atoms with van der Waals surface area (Å²) >= 11 is 0. The first kappa shape index (κ1) is 8.35. The molecule has 0 aromatic carbocycles. The zero-order valence-electron chi connectivity index (χ0n) is 5.63. The van der Waals surface area contributed by atoms with Gasteiger partial charge in [-0.1, -0.05) is 11.6 Å². The number of hydrogen-bond donors (Lipinski definition) is 1. The maximum atomic E-state index is 3.90. The van der Waals surface area contributed by atoms with E-state index >= 15 is 0 Å². The molecule has 1 N–H and O–H groups in total. The maximum Gasteiger partial charge on any atom is 1.00 e. The summed E-state index contributed by atoms with van der Waals surface area (Å²) in [6.07, 6.45) is 4.43. The molecule has 0 fully saturated rings. The van der Waals surface area contributed by atoms with Crippen LogP contribution in [0.2, 0.25) is 0 Å². The first-order valence-corrected chi connectivity index (χ1v) is 2.63. The van der Waals surface area contributed by atoms with Gasteiger partial charge >= 0.3 is 51.4 Å². The van der Waals surface area contributed by atoms with Crippen molar-refractivity contribution in [3.8, 4) is 0 Å². The van der Waals surface area contributed by atoms with Crippen LogP contribution in [0.4, 0.5) is 0 Å². The SMILES string of the molecule is [K+].[c-]1ccc2cn[nH]c2n1. The Balaban J connectivity index is 0.000000500. The van der Waals surface area contributed by atoms with E-state index in [9.17, 15) is 0 Å². The summed E-state index contributed by atoms with van der Waals surface area (Å²) < 4.78 is 0. The van der Waals surface area contributed by atoms with E-state index in [1.165, 1.54) is 0 Å². The standard InChI is InChI=1S/C6H4N3.K/c1-2-5-4-8-9-6(5)7-3-1;/h1-2,4H,(H,7,8,9);/q-1;+1. The van der Waals surface area contributed by atoms with Crippen LogP contribution in [0.1, 0.15) is 0 Å². The monoisotopic (exact) mass is 157 g/mol. The Kier molecular flexibility index (Phi) is 3.00. The van der Waals surface area contributed by atoms with E-state index < -0.39 is 0 Å². The Morgan fingerprint density at radius 2 is 2.40 bits per heavy atom.